The van der Waals surface area contributed by atoms with E-state index >= 15 is 0 Å². The number of thiazole rings is 1. The highest BCUT2D eigenvalue weighted by atomic mass is 32.1. The van der Waals surface area contributed by atoms with Crippen molar-refractivity contribution in [2.45, 2.75) is 18.9 Å². The molecule has 0 amide bonds. The molecule has 72 valence electrons. The van der Waals surface area contributed by atoms with Crippen LogP contribution >= 0.6 is 11.3 Å². The van der Waals surface area contributed by atoms with Gasteiger partial charge in [0.05, 0.1) is 0 Å². The molecule has 0 aliphatic heterocycles. The Morgan fingerprint density at radius 3 is 3.00 bits per heavy atom. The zero-order chi connectivity index (χ0) is 9.54. The van der Waals surface area contributed by atoms with Crippen LogP contribution in [-0.4, -0.2) is 19.7 Å². The van der Waals surface area contributed by atoms with Crippen molar-refractivity contribution in [3.8, 4) is 11.5 Å². The Kier molecular flexibility index (Phi) is 1.57. The van der Waals surface area contributed by atoms with E-state index in [0.29, 0.717) is 11.2 Å². The lowest BCUT2D eigenvalue weighted by Crippen LogP contribution is -1.96. The quantitative estimate of drug-likeness (QED) is 0.806. The van der Waals surface area contributed by atoms with E-state index in [9.17, 15) is 0 Å². The van der Waals surface area contributed by atoms with Crippen LogP contribution in [0.4, 0.5) is 5.13 Å². The SMILES string of the molecule is Nc1nc(-c2nncn2C2CC2)cs1. The highest BCUT2D eigenvalue weighted by Crippen LogP contribution is 2.37. The van der Waals surface area contributed by atoms with Crippen molar-refractivity contribution >= 4 is 16.5 Å². The van der Waals surface area contributed by atoms with Gasteiger partial charge in [0, 0.05) is 11.4 Å². The van der Waals surface area contributed by atoms with Gasteiger partial charge in [-0.25, -0.2) is 4.98 Å². The summed E-state index contributed by atoms with van der Waals surface area (Å²) in [7, 11) is 0. The average molecular weight is 207 g/mol. The molecule has 2 aromatic rings. The first kappa shape index (κ1) is 7.93. The summed E-state index contributed by atoms with van der Waals surface area (Å²) >= 11 is 1.43. The third-order valence-electron chi connectivity index (χ3n) is 2.26. The lowest BCUT2D eigenvalue weighted by atomic mass is 10.4. The second-order valence-corrected chi connectivity index (χ2v) is 4.25. The highest BCUT2D eigenvalue weighted by molar-refractivity contribution is 7.13. The molecule has 0 atom stereocenters. The van der Waals surface area contributed by atoms with Crippen LogP contribution in [0.1, 0.15) is 18.9 Å². The molecule has 0 spiro atoms. The van der Waals surface area contributed by atoms with Crippen LogP contribution in [-0.2, 0) is 0 Å². The Hall–Kier alpha value is -1.43. The van der Waals surface area contributed by atoms with Crippen LogP contribution in [0, 0.1) is 0 Å². The van der Waals surface area contributed by atoms with Gasteiger partial charge in [0.1, 0.15) is 12.0 Å². The molecule has 2 aromatic heterocycles. The molecule has 2 N–H and O–H groups in total. The van der Waals surface area contributed by atoms with Gasteiger partial charge in [-0.2, -0.15) is 0 Å². The van der Waals surface area contributed by atoms with Crippen molar-refractivity contribution in [1.29, 1.82) is 0 Å². The Labute approximate surface area is 84.6 Å². The minimum absolute atomic E-state index is 0.572. The van der Waals surface area contributed by atoms with Crippen LogP contribution in [0.5, 0.6) is 0 Å². The normalized spacial score (nSPS) is 16.0. The van der Waals surface area contributed by atoms with E-state index in [1.807, 2.05) is 5.38 Å². The van der Waals surface area contributed by atoms with E-state index in [1.165, 1.54) is 24.2 Å². The fraction of sp³-hybridized carbons (Fsp3) is 0.375. The first-order valence-electron chi connectivity index (χ1n) is 4.45. The summed E-state index contributed by atoms with van der Waals surface area (Å²) in [4.78, 5) is 4.20. The fourth-order valence-electron chi connectivity index (χ4n) is 1.44. The third-order valence-corrected chi connectivity index (χ3v) is 2.94. The molecule has 0 unspecified atom stereocenters. The van der Waals surface area contributed by atoms with Gasteiger partial charge in [-0.3, -0.25) is 0 Å². The maximum Gasteiger partial charge on any atom is 0.183 e. The lowest BCUT2D eigenvalue weighted by molar-refractivity contribution is 0.744. The van der Waals surface area contributed by atoms with Crippen molar-refractivity contribution in [3.05, 3.63) is 11.7 Å². The molecule has 14 heavy (non-hydrogen) atoms. The van der Waals surface area contributed by atoms with E-state index in [0.717, 1.165) is 11.5 Å². The largest absolute Gasteiger partial charge is 0.375 e. The lowest BCUT2D eigenvalue weighted by Gasteiger charge is -2.00. The van der Waals surface area contributed by atoms with Gasteiger partial charge in [-0.1, -0.05) is 0 Å². The number of nitrogens with zero attached hydrogens (tertiary/aromatic N) is 4. The molecule has 1 fully saturated rings. The molecule has 3 rings (SSSR count). The van der Waals surface area contributed by atoms with Crippen LogP contribution in [0.3, 0.4) is 0 Å². The van der Waals surface area contributed by atoms with E-state index in [2.05, 4.69) is 19.7 Å². The molecule has 1 saturated carbocycles. The Bertz CT molecular complexity index is 456. The fourth-order valence-corrected chi connectivity index (χ4v) is 1.98. The third kappa shape index (κ3) is 1.19. The molecular weight excluding hydrogens is 198 g/mol. The van der Waals surface area contributed by atoms with Gasteiger partial charge in [0.25, 0.3) is 0 Å². The van der Waals surface area contributed by atoms with Gasteiger partial charge in [0.15, 0.2) is 11.0 Å². The van der Waals surface area contributed by atoms with Gasteiger partial charge >= 0.3 is 0 Å². The van der Waals surface area contributed by atoms with Gasteiger partial charge in [0.2, 0.25) is 0 Å². The monoisotopic (exact) mass is 207 g/mol. The molecule has 2 heterocycles. The second-order valence-electron chi connectivity index (χ2n) is 3.36. The smallest absolute Gasteiger partial charge is 0.183 e. The van der Waals surface area contributed by atoms with Crippen LogP contribution in [0.15, 0.2) is 11.7 Å². The minimum atomic E-state index is 0.572. The standard InChI is InChI=1S/C8H9N5S/c9-8-11-6(3-14-8)7-12-10-4-13(7)5-1-2-5/h3-5H,1-2H2,(H2,9,11). The molecule has 1 aliphatic rings. The molecular formula is C8H9N5S. The molecule has 0 aromatic carbocycles. The van der Waals surface area contributed by atoms with Crippen molar-refractivity contribution in [3.63, 3.8) is 0 Å². The number of aromatic nitrogens is 4. The second kappa shape index (κ2) is 2.78. The number of hydrogen-bond acceptors (Lipinski definition) is 5. The summed E-state index contributed by atoms with van der Waals surface area (Å²) in [6, 6.07) is 0.572. The summed E-state index contributed by atoms with van der Waals surface area (Å²) in [5, 5.41) is 10.5. The number of nitrogens with two attached hydrogens (primary N) is 1. The van der Waals surface area contributed by atoms with Crippen LogP contribution in [0.25, 0.3) is 11.5 Å². The first-order valence-corrected chi connectivity index (χ1v) is 5.33. The van der Waals surface area contributed by atoms with E-state index < -0.39 is 0 Å². The Morgan fingerprint density at radius 2 is 2.36 bits per heavy atom. The summed E-state index contributed by atoms with van der Waals surface area (Å²) in [5.41, 5.74) is 6.41. The zero-order valence-corrected chi connectivity index (χ0v) is 8.24. The molecule has 0 saturated heterocycles. The van der Waals surface area contributed by atoms with Crippen molar-refractivity contribution < 1.29 is 0 Å². The van der Waals surface area contributed by atoms with Crippen molar-refractivity contribution in [2.75, 3.05) is 5.73 Å². The number of hydrogen-bond donors (Lipinski definition) is 1. The summed E-state index contributed by atoms with van der Waals surface area (Å²) in [5.74, 6) is 0.834. The topological polar surface area (TPSA) is 69.6 Å². The first-order chi connectivity index (χ1) is 6.84. The van der Waals surface area contributed by atoms with E-state index in [-0.39, 0.29) is 0 Å². The summed E-state index contributed by atoms with van der Waals surface area (Å²) in [6.07, 6.45) is 4.19. The van der Waals surface area contributed by atoms with Crippen LogP contribution < -0.4 is 5.73 Å². The highest BCUT2D eigenvalue weighted by Gasteiger charge is 2.27. The molecule has 6 heteroatoms. The van der Waals surface area contributed by atoms with Crippen LogP contribution in [0.2, 0.25) is 0 Å². The molecule has 5 nitrogen and oxygen atoms in total. The zero-order valence-electron chi connectivity index (χ0n) is 7.42. The number of rotatable bonds is 2. The van der Waals surface area contributed by atoms with E-state index in [4.69, 9.17) is 5.73 Å². The number of anilines is 1. The predicted molar refractivity (Wildman–Crippen MR) is 53.8 cm³/mol. The van der Waals surface area contributed by atoms with Gasteiger partial charge < -0.3 is 10.3 Å². The van der Waals surface area contributed by atoms with E-state index in [1.54, 1.807) is 6.33 Å². The van der Waals surface area contributed by atoms with Gasteiger partial charge in [-0.15, -0.1) is 21.5 Å². The average Bonchev–Trinajstić information content (AvgIpc) is 2.75. The maximum absolute atomic E-state index is 5.58. The minimum Gasteiger partial charge on any atom is -0.375 e. The van der Waals surface area contributed by atoms with Crippen molar-refractivity contribution in [1.82, 2.24) is 19.7 Å². The maximum atomic E-state index is 5.58. The number of nitrogen functional groups attached to an aromatic ring is 1. The Balaban J connectivity index is 2.06. The molecule has 0 bridgehead atoms. The Morgan fingerprint density at radius 1 is 1.50 bits per heavy atom. The molecule has 0 radical (unpaired) electrons. The van der Waals surface area contributed by atoms with Gasteiger partial charge in [-0.05, 0) is 12.8 Å². The summed E-state index contributed by atoms with van der Waals surface area (Å²) < 4.78 is 2.08. The summed E-state index contributed by atoms with van der Waals surface area (Å²) in [6.45, 7) is 0. The predicted octanol–water partition coefficient (Wildman–Crippen LogP) is 1.32. The molecule has 1 aliphatic carbocycles. The van der Waals surface area contributed by atoms with Crippen molar-refractivity contribution in [2.24, 2.45) is 0 Å².